The third kappa shape index (κ3) is 5.95. The second-order valence-electron chi connectivity index (χ2n) is 8.32. The van der Waals surface area contributed by atoms with Crippen LogP contribution in [0.3, 0.4) is 0 Å². The van der Waals surface area contributed by atoms with Crippen LogP contribution >= 0.6 is 15.9 Å². The van der Waals surface area contributed by atoms with E-state index >= 15 is 0 Å². The Balaban J connectivity index is 1.71. The molecule has 1 aliphatic heterocycles. The van der Waals surface area contributed by atoms with Gasteiger partial charge >= 0.3 is 6.03 Å². The van der Waals surface area contributed by atoms with Crippen LogP contribution in [-0.2, 0) is 22.6 Å². The van der Waals surface area contributed by atoms with Crippen LogP contribution in [0.25, 0.3) is 6.08 Å². The topological polar surface area (TPSA) is 105 Å². The first-order valence-electron chi connectivity index (χ1n) is 11.8. The molecule has 0 aromatic heterocycles. The molecule has 9 heteroatoms. The summed E-state index contributed by atoms with van der Waals surface area (Å²) in [4.78, 5) is 39.2. The molecule has 0 atom stereocenters. The van der Waals surface area contributed by atoms with Crippen LogP contribution in [0, 0.1) is 0 Å². The van der Waals surface area contributed by atoms with E-state index in [1.165, 1.54) is 30.3 Å². The number of carbonyl (C=O) groups excluding carboxylic acids is 3. The lowest BCUT2D eigenvalue weighted by Gasteiger charge is -2.26. The SMILES string of the molecule is C=CCc1cc(/C=C2\C(=O)NC(=O)N(c3ccc(O)cc3)C2=O)cc(OCC)c1OCc1ccc(Br)cc1. The van der Waals surface area contributed by atoms with Crippen molar-refractivity contribution >= 4 is 45.5 Å². The van der Waals surface area contributed by atoms with Crippen LogP contribution in [0.2, 0.25) is 0 Å². The Hall–Kier alpha value is -4.37. The number of nitrogens with zero attached hydrogens (tertiary/aromatic N) is 1. The van der Waals surface area contributed by atoms with Gasteiger partial charge in [-0.05, 0) is 79.1 Å². The molecular weight excluding hydrogens is 552 g/mol. The van der Waals surface area contributed by atoms with E-state index in [-0.39, 0.29) is 17.0 Å². The van der Waals surface area contributed by atoms with Crippen molar-refractivity contribution in [2.75, 3.05) is 11.5 Å². The molecule has 0 bridgehead atoms. The number of imide groups is 2. The number of rotatable bonds is 9. The fraction of sp³-hybridized carbons (Fsp3) is 0.138. The van der Waals surface area contributed by atoms with Crippen molar-refractivity contribution in [2.45, 2.75) is 20.0 Å². The molecule has 1 heterocycles. The zero-order chi connectivity index (χ0) is 27.2. The van der Waals surface area contributed by atoms with Crippen molar-refractivity contribution in [3.63, 3.8) is 0 Å². The van der Waals surface area contributed by atoms with Crippen molar-refractivity contribution in [3.05, 3.63) is 100 Å². The van der Waals surface area contributed by atoms with E-state index in [1.54, 1.807) is 18.2 Å². The number of amides is 4. The van der Waals surface area contributed by atoms with Crippen molar-refractivity contribution in [2.24, 2.45) is 0 Å². The standard InChI is InChI=1S/C29H25BrN2O6/c1-3-5-20-14-19(16-25(37-4-2)26(20)38-17-18-6-8-21(30)9-7-18)15-24-27(34)31-29(36)32(28(24)35)22-10-12-23(33)13-11-22/h3,6-16,33H,1,4-5,17H2,2H3,(H,31,34,36)/b24-15+. The molecular formula is C29H25BrN2O6. The number of urea groups is 1. The molecule has 0 radical (unpaired) electrons. The largest absolute Gasteiger partial charge is 0.508 e. The first-order chi connectivity index (χ1) is 18.3. The van der Waals surface area contributed by atoms with E-state index < -0.39 is 17.8 Å². The second kappa shape index (κ2) is 11.8. The van der Waals surface area contributed by atoms with E-state index in [0.717, 1.165) is 20.5 Å². The van der Waals surface area contributed by atoms with Gasteiger partial charge in [0, 0.05) is 10.0 Å². The minimum absolute atomic E-state index is 0.0221. The summed E-state index contributed by atoms with van der Waals surface area (Å²) in [5.74, 6) is -0.633. The van der Waals surface area contributed by atoms with E-state index in [2.05, 4.69) is 27.8 Å². The number of anilines is 1. The van der Waals surface area contributed by atoms with Gasteiger partial charge in [0.05, 0.1) is 12.3 Å². The highest BCUT2D eigenvalue weighted by Crippen LogP contribution is 2.36. The molecule has 1 fully saturated rings. The number of hydrogen-bond acceptors (Lipinski definition) is 6. The number of hydrogen-bond donors (Lipinski definition) is 2. The van der Waals surface area contributed by atoms with Gasteiger partial charge in [-0.2, -0.15) is 0 Å². The van der Waals surface area contributed by atoms with Crippen LogP contribution in [0.15, 0.2) is 83.4 Å². The maximum Gasteiger partial charge on any atom is 0.335 e. The Kier molecular flexibility index (Phi) is 8.28. The highest BCUT2D eigenvalue weighted by atomic mass is 79.9. The van der Waals surface area contributed by atoms with Crippen LogP contribution in [0.4, 0.5) is 10.5 Å². The summed E-state index contributed by atoms with van der Waals surface area (Å²) in [6.07, 6.45) is 3.58. The number of phenolic OH excluding ortho intramolecular Hbond substituents is 1. The lowest BCUT2D eigenvalue weighted by atomic mass is 10.0. The summed E-state index contributed by atoms with van der Waals surface area (Å²) in [7, 11) is 0. The smallest absolute Gasteiger partial charge is 0.335 e. The van der Waals surface area contributed by atoms with Gasteiger partial charge < -0.3 is 14.6 Å². The van der Waals surface area contributed by atoms with Gasteiger partial charge in [-0.25, -0.2) is 9.69 Å². The minimum Gasteiger partial charge on any atom is -0.508 e. The Morgan fingerprint density at radius 2 is 1.74 bits per heavy atom. The molecule has 4 amide bonds. The molecule has 2 N–H and O–H groups in total. The normalized spacial score (nSPS) is 14.4. The molecule has 0 aliphatic carbocycles. The number of barbiturate groups is 1. The second-order valence-corrected chi connectivity index (χ2v) is 9.24. The van der Waals surface area contributed by atoms with Crippen LogP contribution < -0.4 is 19.7 Å². The van der Waals surface area contributed by atoms with E-state index in [1.807, 2.05) is 31.2 Å². The third-order valence-corrected chi connectivity index (χ3v) is 6.16. The van der Waals surface area contributed by atoms with E-state index in [9.17, 15) is 19.5 Å². The number of carbonyl (C=O) groups is 3. The highest BCUT2D eigenvalue weighted by Gasteiger charge is 2.36. The summed E-state index contributed by atoms with van der Waals surface area (Å²) in [5, 5.41) is 11.7. The number of benzene rings is 3. The average molecular weight is 577 g/mol. The zero-order valence-electron chi connectivity index (χ0n) is 20.6. The van der Waals surface area contributed by atoms with Gasteiger partial charge in [-0.1, -0.05) is 34.1 Å². The third-order valence-electron chi connectivity index (χ3n) is 5.64. The maximum absolute atomic E-state index is 13.2. The number of allylic oxidation sites excluding steroid dienone is 1. The number of phenols is 1. The molecule has 38 heavy (non-hydrogen) atoms. The van der Waals surface area contributed by atoms with Gasteiger partial charge in [-0.3, -0.25) is 14.9 Å². The first kappa shape index (κ1) is 26.7. The predicted molar refractivity (Wildman–Crippen MR) is 147 cm³/mol. The van der Waals surface area contributed by atoms with Gasteiger partial charge in [-0.15, -0.1) is 6.58 Å². The Labute approximate surface area is 228 Å². The quantitative estimate of drug-likeness (QED) is 0.197. The Morgan fingerprint density at radius 3 is 2.39 bits per heavy atom. The molecule has 3 aromatic rings. The van der Waals surface area contributed by atoms with Gasteiger partial charge in [0.2, 0.25) is 0 Å². The number of ether oxygens (including phenoxy) is 2. The number of nitrogens with one attached hydrogen (secondary N) is 1. The summed E-state index contributed by atoms with van der Waals surface area (Å²) in [6.45, 7) is 6.35. The van der Waals surface area contributed by atoms with Gasteiger partial charge in [0.1, 0.15) is 17.9 Å². The van der Waals surface area contributed by atoms with Crippen molar-refractivity contribution in [3.8, 4) is 17.2 Å². The monoisotopic (exact) mass is 576 g/mol. The number of halogens is 1. The Bertz CT molecular complexity index is 1410. The summed E-state index contributed by atoms with van der Waals surface area (Å²) in [5.41, 5.74) is 2.22. The predicted octanol–water partition coefficient (Wildman–Crippen LogP) is 5.53. The minimum atomic E-state index is -0.873. The fourth-order valence-corrected chi connectivity index (χ4v) is 4.16. The number of aromatic hydroxyl groups is 1. The summed E-state index contributed by atoms with van der Waals surface area (Å²) in [6, 6.07) is 15.9. The first-order valence-corrected chi connectivity index (χ1v) is 12.6. The molecule has 1 saturated heterocycles. The van der Waals surface area contributed by atoms with E-state index in [4.69, 9.17) is 9.47 Å². The zero-order valence-corrected chi connectivity index (χ0v) is 22.2. The van der Waals surface area contributed by atoms with Crippen LogP contribution in [-0.4, -0.2) is 29.6 Å². The highest BCUT2D eigenvalue weighted by molar-refractivity contribution is 9.10. The summed E-state index contributed by atoms with van der Waals surface area (Å²) >= 11 is 3.42. The molecule has 0 saturated carbocycles. The average Bonchev–Trinajstić information content (AvgIpc) is 2.88. The van der Waals surface area contributed by atoms with Crippen LogP contribution in [0.1, 0.15) is 23.6 Å². The van der Waals surface area contributed by atoms with Crippen molar-refractivity contribution < 1.29 is 29.0 Å². The lowest BCUT2D eigenvalue weighted by molar-refractivity contribution is -0.122. The lowest BCUT2D eigenvalue weighted by Crippen LogP contribution is -2.54. The van der Waals surface area contributed by atoms with Crippen LogP contribution in [0.5, 0.6) is 17.2 Å². The molecule has 4 rings (SSSR count). The van der Waals surface area contributed by atoms with E-state index in [0.29, 0.717) is 36.7 Å². The van der Waals surface area contributed by atoms with Gasteiger partial charge in [0.25, 0.3) is 11.8 Å². The fourth-order valence-electron chi connectivity index (χ4n) is 3.90. The molecule has 1 aliphatic rings. The van der Waals surface area contributed by atoms with Crippen molar-refractivity contribution in [1.29, 1.82) is 0 Å². The molecule has 8 nitrogen and oxygen atoms in total. The molecule has 194 valence electrons. The molecule has 3 aromatic carbocycles. The Morgan fingerprint density at radius 1 is 1.03 bits per heavy atom. The molecule has 0 spiro atoms. The van der Waals surface area contributed by atoms with Crippen molar-refractivity contribution in [1.82, 2.24) is 5.32 Å². The maximum atomic E-state index is 13.2. The summed E-state index contributed by atoms with van der Waals surface area (Å²) < 4.78 is 13.0. The van der Waals surface area contributed by atoms with Gasteiger partial charge in [0.15, 0.2) is 11.5 Å². The molecule has 0 unspecified atom stereocenters.